The van der Waals surface area contributed by atoms with Gasteiger partial charge in [-0.1, -0.05) is 52.7 Å². The van der Waals surface area contributed by atoms with Crippen LogP contribution in [-0.4, -0.2) is 30.2 Å². The molecule has 0 spiro atoms. The van der Waals surface area contributed by atoms with Gasteiger partial charge in [0.2, 0.25) is 0 Å². The van der Waals surface area contributed by atoms with Crippen molar-refractivity contribution in [1.29, 1.82) is 0 Å². The maximum atomic E-state index is 14.1. The Kier molecular flexibility index (Phi) is 6.87. The van der Waals surface area contributed by atoms with Crippen molar-refractivity contribution in [3.63, 3.8) is 0 Å². The molecule has 3 heterocycles. The summed E-state index contributed by atoms with van der Waals surface area (Å²) in [5, 5.41) is 2.84. The molecule has 1 N–H and O–H groups in total. The topological polar surface area (TPSA) is 99.0 Å². The summed E-state index contributed by atoms with van der Waals surface area (Å²) in [4.78, 5) is 45.6. The third-order valence-corrected chi connectivity index (χ3v) is 7.78. The van der Waals surface area contributed by atoms with Crippen LogP contribution in [0.25, 0.3) is 5.57 Å². The summed E-state index contributed by atoms with van der Waals surface area (Å²) in [6.45, 7) is 3.93. The number of thiazole rings is 1. The van der Waals surface area contributed by atoms with Gasteiger partial charge in [0.15, 0.2) is 4.80 Å². The fraction of sp³-hybridized carbons (Fsp3) is 0.259. The van der Waals surface area contributed by atoms with E-state index in [1.165, 1.54) is 4.57 Å². The number of aromatic nitrogens is 1. The lowest BCUT2D eigenvalue weighted by Gasteiger charge is -2.26. The largest absolute Gasteiger partial charge is 0.497 e. The highest BCUT2D eigenvalue weighted by atomic mass is 79.9. The van der Waals surface area contributed by atoms with E-state index in [1.54, 1.807) is 32.2 Å². The van der Waals surface area contributed by atoms with Gasteiger partial charge in [0.05, 0.1) is 36.6 Å². The van der Waals surface area contributed by atoms with Crippen LogP contribution in [0.5, 0.6) is 5.75 Å². The monoisotopic (exact) mass is 581 g/mol. The van der Waals surface area contributed by atoms with Crippen molar-refractivity contribution in [3.8, 4) is 5.75 Å². The van der Waals surface area contributed by atoms with E-state index in [0.717, 1.165) is 22.2 Å². The van der Waals surface area contributed by atoms with Crippen LogP contribution in [0.1, 0.15) is 43.9 Å². The number of nitrogens with zero attached hydrogens (tertiary/aromatic N) is 2. The number of ether oxygens (including phenoxy) is 2. The van der Waals surface area contributed by atoms with Crippen molar-refractivity contribution in [2.75, 3.05) is 19.0 Å². The van der Waals surface area contributed by atoms with Gasteiger partial charge in [0.1, 0.15) is 10.3 Å². The summed E-state index contributed by atoms with van der Waals surface area (Å²) in [7, 11) is 1.56. The number of nitrogens with one attached hydrogen (secondary N) is 1. The number of amides is 1. The van der Waals surface area contributed by atoms with Crippen molar-refractivity contribution in [2.45, 2.75) is 32.7 Å². The Hall–Kier alpha value is -3.50. The second-order valence-electron chi connectivity index (χ2n) is 8.53. The van der Waals surface area contributed by atoms with Crippen LogP contribution in [0.15, 0.2) is 68.0 Å². The first-order valence-electron chi connectivity index (χ1n) is 11.9. The van der Waals surface area contributed by atoms with Crippen LogP contribution in [0, 0.1) is 0 Å². The number of fused-ring (bicyclic) bond motifs is 2. The van der Waals surface area contributed by atoms with Crippen LogP contribution >= 0.6 is 27.3 Å². The highest BCUT2D eigenvalue weighted by Gasteiger charge is 2.36. The Balaban J connectivity index is 1.85. The summed E-state index contributed by atoms with van der Waals surface area (Å²) in [5.41, 5.74) is 2.75. The van der Waals surface area contributed by atoms with Crippen LogP contribution in [0.2, 0.25) is 0 Å². The van der Waals surface area contributed by atoms with Gasteiger partial charge >= 0.3 is 5.97 Å². The number of carbonyl (C=O) groups is 2. The molecule has 0 bridgehead atoms. The smallest absolute Gasteiger partial charge is 0.338 e. The van der Waals surface area contributed by atoms with Gasteiger partial charge in [-0.2, -0.15) is 0 Å². The average Bonchev–Trinajstić information content (AvgIpc) is 3.38. The minimum Gasteiger partial charge on any atom is -0.497 e. The summed E-state index contributed by atoms with van der Waals surface area (Å²) >= 11 is 4.61. The lowest BCUT2D eigenvalue weighted by molar-refractivity contribution is -0.139. The molecule has 0 unspecified atom stereocenters. The number of carbonyl (C=O) groups excluding carboxylic acids is 2. The second kappa shape index (κ2) is 10.1. The number of rotatable bonds is 6. The Labute approximate surface area is 225 Å². The zero-order valence-electron chi connectivity index (χ0n) is 20.5. The minimum atomic E-state index is -0.784. The quantitative estimate of drug-likeness (QED) is 0.448. The van der Waals surface area contributed by atoms with Gasteiger partial charge in [-0.05, 0) is 49.2 Å². The molecule has 190 valence electrons. The Bertz CT molecular complexity index is 1650. The van der Waals surface area contributed by atoms with Gasteiger partial charge in [-0.3, -0.25) is 14.2 Å². The first kappa shape index (κ1) is 25.2. The number of benzene rings is 2. The van der Waals surface area contributed by atoms with Crippen molar-refractivity contribution >= 4 is 50.4 Å². The Morgan fingerprint density at radius 1 is 1.19 bits per heavy atom. The molecule has 2 aliphatic heterocycles. The molecule has 0 aliphatic carbocycles. The lowest BCUT2D eigenvalue weighted by Crippen LogP contribution is -2.40. The van der Waals surface area contributed by atoms with E-state index in [4.69, 9.17) is 14.5 Å². The molecule has 0 radical (unpaired) electrons. The maximum absolute atomic E-state index is 14.1. The van der Waals surface area contributed by atoms with E-state index in [-0.39, 0.29) is 17.0 Å². The molecule has 2 aliphatic rings. The minimum absolute atomic E-state index is 0.187. The molecule has 10 heteroatoms. The lowest BCUT2D eigenvalue weighted by atomic mass is 9.94. The van der Waals surface area contributed by atoms with E-state index in [0.29, 0.717) is 50.6 Å². The number of anilines is 1. The molecular weight excluding hydrogens is 558 g/mol. The molecular formula is C27H24BrN3O5S. The molecule has 0 fully saturated rings. The molecule has 8 nitrogen and oxygen atoms in total. The van der Waals surface area contributed by atoms with Gasteiger partial charge in [0, 0.05) is 15.7 Å². The number of hydrogen-bond acceptors (Lipinski definition) is 7. The predicted octanol–water partition coefficient (Wildman–Crippen LogP) is 3.67. The van der Waals surface area contributed by atoms with Gasteiger partial charge in [-0.25, -0.2) is 9.79 Å². The first-order valence-corrected chi connectivity index (χ1v) is 13.5. The van der Waals surface area contributed by atoms with Crippen molar-refractivity contribution < 1.29 is 19.1 Å². The fourth-order valence-corrected chi connectivity index (χ4v) is 6.14. The molecule has 1 aromatic heterocycles. The van der Waals surface area contributed by atoms with Crippen molar-refractivity contribution in [1.82, 2.24) is 4.57 Å². The first-order chi connectivity index (χ1) is 17.9. The van der Waals surface area contributed by atoms with E-state index in [2.05, 4.69) is 21.2 Å². The molecule has 5 rings (SSSR count). The van der Waals surface area contributed by atoms with E-state index in [9.17, 15) is 14.4 Å². The number of esters is 1. The molecule has 37 heavy (non-hydrogen) atoms. The average molecular weight is 582 g/mol. The van der Waals surface area contributed by atoms with Gasteiger partial charge < -0.3 is 14.8 Å². The summed E-state index contributed by atoms with van der Waals surface area (Å²) in [5.74, 6) is -0.281. The number of allylic oxidation sites excluding steroid dienone is 1. The molecule has 1 amide bonds. The Morgan fingerprint density at radius 2 is 2.00 bits per heavy atom. The van der Waals surface area contributed by atoms with E-state index < -0.39 is 17.6 Å². The highest BCUT2D eigenvalue weighted by molar-refractivity contribution is 9.10. The number of halogens is 1. The summed E-state index contributed by atoms with van der Waals surface area (Å²) in [6, 6.07) is 11.9. The maximum Gasteiger partial charge on any atom is 0.338 e. The van der Waals surface area contributed by atoms with E-state index in [1.807, 2.05) is 31.2 Å². The predicted molar refractivity (Wildman–Crippen MR) is 144 cm³/mol. The normalized spacial score (nSPS) is 17.6. The van der Waals surface area contributed by atoms with Crippen LogP contribution in [-0.2, 0) is 14.3 Å². The van der Waals surface area contributed by atoms with Crippen LogP contribution in [0.4, 0.5) is 5.69 Å². The fourth-order valence-electron chi connectivity index (χ4n) is 4.66. The number of hydrogen-bond donors (Lipinski definition) is 1. The third kappa shape index (κ3) is 4.34. The van der Waals surface area contributed by atoms with Gasteiger partial charge in [-0.15, -0.1) is 0 Å². The molecule has 0 saturated carbocycles. The van der Waals surface area contributed by atoms with Crippen molar-refractivity contribution in [2.24, 2.45) is 4.99 Å². The zero-order chi connectivity index (χ0) is 26.3. The molecule has 3 aromatic rings. The standard InChI is InChI=1S/C27H24BrN3O5S/c1-4-7-19-21(26(34)36-5-2)22(14-8-6-9-16(12-14)35-3)31-25(33)23(37-27(31)30-19)20-17-13-15(28)10-11-18(17)29-24(20)32/h6,8-13,22H,4-5,7H2,1-3H3,(H,29,32)/b23-20-/t22-/m0/s1. The van der Waals surface area contributed by atoms with Crippen molar-refractivity contribution in [3.05, 3.63) is 89.0 Å². The number of methoxy groups -OCH3 is 1. The Morgan fingerprint density at radius 3 is 2.73 bits per heavy atom. The highest BCUT2D eigenvalue weighted by Crippen LogP contribution is 2.35. The van der Waals surface area contributed by atoms with Gasteiger partial charge in [0.25, 0.3) is 11.5 Å². The third-order valence-electron chi connectivity index (χ3n) is 6.23. The summed E-state index contributed by atoms with van der Waals surface area (Å²) < 4.78 is 13.4. The summed E-state index contributed by atoms with van der Waals surface area (Å²) in [6.07, 6.45) is 1.28. The SMILES string of the molecule is CCCC1=C(C(=O)OCC)[C@H](c2cccc(OC)c2)n2c(s/c(=C3\C(=O)Nc4ccc(Br)cc43)c2=O)=N1. The van der Waals surface area contributed by atoms with Crippen LogP contribution < -0.4 is 24.9 Å². The van der Waals surface area contributed by atoms with Crippen LogP contribution in [0.3, 0.4) is 0 Å². The zero-order valence-corrected chi connectivity index (χ0v) is 22.9. The molecule has 0 saturated heterocycles. The second-order valence-corrected chi connectivity index (χ2v) is 10.4. The molecule has 2 aromatic carbocycles. The molecule has 1 atom stereocenters. The van der Waals surface area contributed by atoms with E-state index >= 15 is 0 Å².